The number of aliphatic carboxylic acids is 1. The third-order valence-corrected chi connectivity index (χ3v) is 5.19. The number of likely N-dealkylation sites (tertiary alicyclic amines) is 1. The van der Waals surface area contributed by atoms with Crippen molar-refractivity contribution >= 4 is 11.9 Å². The van der Waals surface area contributed by atoms with Crippen molar-refractivity contribution in [2.24, 2.45) is 5.92 Å². The predicted octanol–water partition coefficient (Wildman–Crippen LogP) is 2.40. The molecule has 1 aromatic heterocycles. The van der Waals surface area contributed by atoms with Gasteiger partial charge in [-0.1, -0.05) is 30.3 Å². The van der Waals surface area contributed by atoms with E-state index in [9.17, 15) is 19.1 Å². The van der Waals surface area contributed by atoms with E-state index in [1.807, 2.05) is 30.3 Å². The number of amides is 1. The molecule has 2 heterocycles. The number of aromatic nitrogens is 1. The molecule has 1 saturated carbocycles. The molecule has 25 heavy (non-hydrogen) atoms. The Bertz CT molecular complexity index is 826. The molecule has 2 aliphatic rings. The highest BCUT2D eigenvalue weighted by atomic mass is 19.1. The molecule has 1 aliphatic heterocycles. The van der Waals surface area contributed by atoms with E-state index in [0.29, 0.717) is 18.5 Å². The molecule has 0 radical (unpaired) electrons. The number of pyridine rings is 1. The summed E-state index contributed by atoms with van der Waals surface area (Å²) < 4.78 is 13.8. The zero-order valence-electron chi connectivity index (χ0n) is 13.4. The second-order valence-electron chi connectivity index (χ2n) is 6.64. The van der Waals surface area contributed by atoms with Crippen LogP contribution in [0.15, 0.2) is 48.8 Å². The lowest BCUT2D eigenvalue weighted by Gasteiger charge is -2.46. The van der Waals surface area contributed by atoms with Gasteiger partial charge in [0.05, 0.1) is 6.20 Å². The number of carbonyl (C=O) groups excluding carboxylic acids is 1. The first-order valence-electron chi connectivity index (χ1n) is 8.25. The Labute approximate surface area is 144 Å². The molecule has 1 amide bonds. The van der Waals surface area contributed by atoms with Gasteiger partial charge in [-0.05, 0) is 29.5 Å². The maximum Gasteiger partial charge on any atom is 0.327 e. The zero-order valence-corrected chi connectivity index (χ0v) is 13.4. The minimum atomic E-state index is -0.999. The Morgan fingerprint density at radius 2 is 1.92 bits per heavy atom. The van der Waals surface area contributed by atoms with Crippen molar-refractivity contribution in [1.82, 2.24) is 9.88 Å². The van der Waals surface area contributed by atoms with Gasteiger partial charge in [0.25, 0.3) is 0 Å². The molecule has 128 valence electrons. The molecule has 1 aromatic carbocycles. The molecule has 6 heteroatoms. The summed E-state index contributed by atoms with van der Waals surface area (Å²) in [6, 6.07) is 10.1. The standard InChI is InChI=1S/C19H17FN2O3/c20-16-9-21-7-6-12(16)13-8-14(13)18(23)22-10-15(17(22)19(24)25)11-4-2-1-3-5-11/h1-7,9,13-15,17H,8,10H2,(H,24,25)/t13-,14+,15+,17-/m0/s1. The average Bonchev–Trinajstić information content (AvgIpc) is 3.35. The molecule has 4 atom stereocenters. The molecule has 0 spiro atoms. The highest BCUT2D eigenvalue weighted by molar-refractivity contribution is 5.90. The topological polar surface area (TPSA) is 70.5 Å². The summed E-state index contributed by atoms with van der Waals surface area (Å²) in [7, 11) is 0. The van der Waals surface area contributed by atoms with Crippen LogP contribution in [-0.2, 0) is 9.59 Å². The number of carboxylic acid groups (broad SMARTS) is 1. The Balaban J connectivity index is 1.49. The van der Waals surface area contributed by atoms with Crippen molar-refractivity contribution in [3.8, 4) is 0 Å². The van der Waals surface area contributed by atoms with Gasteiger partial charge in [0.1, 0.15) is 11.9 Å². The number of nitrogens with zero attached hydrogens (tertiary/aromatic N) is 2. The van der Waals surface area contributed by atoms with Gasteiger partial charge >= 0.3 is 5.97 Å². The minimum absolute atomic E-state index is 0.180. The summed E-state index contributed by atoms with van der Waals surface area (Å²) in [6.07, 6.45) is 3.20. The first-order chi connectivity index (χ1) is 12.1. The van der Waals surface area contributed by atoms with E-state index in [1.165, 1.54) is 11.1 Å². The Kier molecular flexibility index (Phi) is 3.75. The predicted molar refractivity (Wildman–Crippen MR) is 87.4 cm³/mol. The quantitative estimate of drug-likeness (QED) is 0.928. The van der Waals surface area contributed by atoms with E-state index in [-0.39, 0.29) is 23.7 Å². The number of benzene rings is 1. The minimum Gasteiger partial charge on any atom is -0.480 e. The number of carboxylic acids is 1. The van der Waals surface area contributed by atoms with E-state index < -0.39 is 17.8 Å². The first kappa shape index (κ1) is 15.7. The van der Waals surface area contributed by atoms with Crippen LogP contribution in [0.4, 0.5) is 4.39 Å². The molecule has 1 N–H and O–H groups in total. The van der Waals surface area contributed by atoms with Crippen LogP contribution in [0.2, 0.25) is 0 Å². The van der Waals surface area contributed by atoms with E-state index in [4.69, 9.17) is 0 Å². The Morgan fingerprint density at radius 1 is 1.16 bits per heavy atom. The fourth-order valence-electron chi connectivity index (χ4n) is 3.74. The number of halogens is 1. The third kappa shape index (κ3) is 2.67. The van der Waals surface area contributed by atoms with Gasteiger partial charge in [-0.15, -0.1) is 0 Å². The van der Waals surface area contributed by atoms with Crippen molar-refractivity contribution in [1.29, 1.82) is 0 Å². The maximum atomic E-state index is 13.8. The molecule has 1 aliphatic carbocycles. The second kappa shape index (κ2) is 5.95. The summed E-state index contributed by atoms with van der Waals surface area (Å²) in [5.41, 5.74) is 1.41. The maximum absolute atomic E-state index is 13.8. The van der Waals surface area contributed by atoms with Gasteiger partial charge in [-0.3, -0.25) is 9.78 Å². The van der Waals surface area contributed by atoms with E-state index in [2.05, 4.69) is 4.98 Å². The largest absolute Gasteiger partial charge is 0.480 e. The van der Waals surface area contributed by atoms with Crippen LogP contribution in [0.5, 0.6) is 0 Å². The van der Waals surface area contributed by atoms with Crippen molar-refractivity contribution < 1.29 is 19.1 Å². The van der Waals surface area contributed by atoms with Crippen LogP contribution in [0, 0.1) is 11.7 Å². The van der Waals surface area contributed by atoms with Gasteiger partial charge in [0, 0.05) is 24.6 Å². The third-order valence-electron chi connectivity index (χ3n) is 5.19. The lowest BCUT2D eigenvalue weighted by molar-refractivity contribution is -0.160. The fourth-order valence-corrected chi connectivity index (χ4v) is 3.74. The monoisotopic (exact) mass is 340 g/mol. The molecule has 0 unspecified atom stereocenters. The smallest absolute Gasteiger partial charge is 0.327 e. The summed E-state index contributed by atoms with van der Waals surface area (Å²) in [4.78, 5) is 29.5. The Morgan fingerprint density at radius 3 is 2.60 bits per heavy atom. The lowest BCUT2D eigenvalue weighted by Crippen LogP contribution is -2.61. The normalized spacial score (nSPS) is 27.5. The van der Waals surface area contributed by atoms with Gasteiger partial charge in [0.2, 0.25) is 5.91 Å². The van der Waals surface area contributed by atoms with Crippen LogP contribution < -0.4 is 0 Å². The van der Waals surface area contributed by atoms with E-state index >= 15 is 0 Å². The van der Waals surface area contributed by atoms with Crippen molar-refractivity contribution in [3.05, 3.63) is 65.7 Å². The van der Waals surface area contributed by atoms with Crippen molar-refractivity contribution in [2.75, 3.05) is 6.54 Å². The molecule has 2 aromatic rings. The fraction of sp³-hybridized carbons (Fsp3) is 0.316. The Hall–Kier alpha value is -2.76. The summed E-state index contributed by atoms with van der Waals surface area (Å²) in [5, 5.41) is 9.55. The molecule has 2 fully saturated rings. The second-order valence-corrected chi connectivity index (χ2v) is 6.64. The number of rotatable bonds is 4. The average molecular weight is 340 g/mol. The van der Waals surface area contributed by atoms with E-state index in [0.717, 1.165) is 11.8 Å². The molecule has 4 rings (SSSR count). The van der Waals surface area contributed by atoms with Crippen LogP contribution in [0.1, 0.15) is 29.4 Å². The highest BCUT2D eigenvalue weighted by Crippen LogP contribution is 2.51. The number of carbonyl (C=O) groups is 2. The molecular weight excluding hydrogens is 323 g/mol. The van der Waals surface area contributed by atoms with Gasteiger partial charge < -0.3 is 10.0 Å². The van der Waals surface area contributed by atoms with E-state index in [1.54, 1.807) is 6.07 Å². The van der Waals surface area contributed by atoms with Gasteiger partial charge in [-0.2, -0.15) is 0 Å². The summed E-state index contributed by atoms with van der Waals surface area (Å²) in [5.74, 6) is -2.32. The lowest BCUT2D eigenvalue weighted by atomic mass is 9.82. The van der Waals surface area contributed by atoms with Crippen molar-refractivity contribution in [3.63, 3.8) is 0 Å². The van der Waals surface area contributed by atoms with Gasteiger partial charge in [-0.25, -0.2) is 9.18 Å². The molecule has 0 bridgehead atoms. The van der Waals surface area contributed by atoms with Crippen molar-refractivity contribution in [2.45, 2.75) is 24.3 Å². The zero-order chi connectivity index (χ0) is 17.6. The van der Waals surface area contributed by atoms with Crippen LogP contribution >= 0.6 is 0 Å². The molecular formula is C19H17FN2O3. The SMILES string of the molecule is O=C(O)[C@@H]1[C@@H](c2ccccc2)CN1C(=O)[C@@H]1C[C@H]1c1ccncc1F. The first-order valence-corrected chi connectivity index (χ1v) is 8.25. The number of hydrogen-bond acceptors (Lipinski definition) is 3. The summed E-state index contributed by atoms with van der Waals surface area (Å²) >= 11 is 0. The number of hydrogen-bond donors (Lipinski definition) is 1. The van der Waals surface area contributed by atoms with Crippen LogP contribution in [-0.4, -0.2) is 39.5 Å². The molecule has 1 saturated heterocycles. The summed E-state index contributed by atoms with van der Waals surface area (Å²) in [6.45, 7) is 0.391. The highest BCUT2D eigenvalue weighted by Gasteiger charge is 2.54. The van der Waals surface area contributed by atoms with Gasteiger partial charge in [0.15, 0.2) is 0 Å². The van der Waals surface area contributed by atoms with Crippen LogP contribution in [0.25, 0.3) is 0 Å². The van der Waals surface area contributed by atoms with Crippen LogP contribution in [0.3, 0.4) is 0 Å². The molecule has 5 nitrogen and oxygen atoms in total.